The zero-order valence-corrected chi connectivity index (χ0v) is 13.0. The smallest absolute Gasteiger partial charge is 0.329 e. The van der Waals surface area contributed by atoms with Crippen molar-refractivity contribution in [1.29, 1.82) is 0 Å². The van der Waals surface area contributed by atoms with Crippen LogP contribution in [0.4, 0.5) is 0 Å². The highest BCUT2D eigenvalue weighted by molar-refractivity contribution is 6.30. The van der Waals surface area contributed by atoms with E-state index in [1.807, 2.05) is 0 Å². The molecule has 1 heterocycles. The largest absolute Gasteiger partial charge is 0.483 e. The molecule has 0 radical (unpaired) electrons. The molecule has 22 heavy (non-hydrogen) atoms. The van der Waals surface area contributed by atoms with Gasteiger partial charge < -0.3 is 9.84 Å². The van der Waals surface area contributed by atoms with Gasteiger partial charge in [-0.05, 0) is 43.7 Å². The Morgan fingerprint density at radius 2 is 1.91 bits per heavy atom. The zero-order valence-electron chi connectivity index (χ0n) is 12.2. The molecule has 1 aromatic heterocycles. The molecule has 0 spiro atoms. The number of pyridine rings is 1. The maximum absolute atomic E-state index is 12.3. The first-order valence-corrected chi connectivity index (χ1v) is 7.03. The third kappa shape index (κ3) is 3.31. The van der Waals surface area contributed by atoms with E-state index < -0.39 is 17.1 Å². The fourth-order valence-corrected chi connectivity index (χ4v) is 1.99. The molecule has 0 aliphatic heterocycles. The summed E-state index contributed by atoms with van der Waals surface area (Å²) in [7, 11) is 0. The van der Waals surface area contributed by atoms with Gasteiger partial charge in [0.05, 0.1) is 0 Å². The normalized spacial score (nSPS) is 11.2. The fraction of sp³-hybridized carbons (Fsp3) is 0.250. The number of halogens is 1. The molecule has 1 N–H and O–H groups in total. The number of aliphatic carboxylic acids is 1. The van der Waals surface area contributed by atoms with E-state index in [0.717, 1.165) is 10.1 Å². The van der Waals surface area contributed by atoms with Gasteiger partial charge in [-0.1, -0.05) is 23.7 Å². The van der Waals surface area contributed by atoms with Crippen LogP contribution in [-0.4, -0.2) is 15.6 Å². The predicted octanol–water partition coefficient (Wildman–Crippen LogP) is 2.90. The van der Waals surface area contributed by atoms with Gasteiger partial charge in [-0.15, -0.1) is 0 Å². The number of aromatic nitrogens is 1. The van der Waals surface area contributed by atoms with Crippen molar-refractivity contribution in [2.24, 2.45) is 0 Å². The first-order valence-electron chi connectivity index (χ1n) is 6.65. The Balaban J connectivity index is 2.24. The van der Waals surface area contributed by atoms with Gasteiger partial charge in [0.15, 0.2) is 5.75 Å². The molecule has 0 aliphatic rings. The molecule has 1 aromatic carbocycles. The van der Waals surface area contributed by atoms with Crippen LogP contribution in [0, 0.1) is 0 Å². The van der Waals surface area contributed by atoms with Gasteiger partial charge in [0.25, 0.3) is 5.56 Å². The molecule has 0 bridgehead atoms. The molecule has 0 amide bonds. The van der Waals surface area contributed by atoms with E-state index in [0.29, 0.717) is 5.02 Å². The number of rotatable bonds is 5. The third-order valence-electron chi connectivity index (χ3n) is 3.35. The highest BCUT2D eigenvalue weighted by Gasteiger charge is 2.30. The number of hydrogen-bond acceptors (Lipinski definition) is 3. The van der Waals surface area contributed by atoms with Crippen LogP contribution in [0.2, 0.25) is 5.02 Å². The fourth-order valence-electron chi connectivity index (χ4n) is 1.87. The van der Waals surface area contributed by atoms with E-state index in [2.05, 4.69) is 0 Å². The highest BCUT2D eigenvalue weighted by atomic mass is 35.5. The number of benzene rings is 1. The van der Waals surface area contributed by atoms with Crippen LogP contribution in [0.3, 0.4) is 0 Å². The lowest BCUT2D eigenvalue weighted by Crippen LogP contribution is -2.42. The molecular formula is C16H16ClNO4. The van der Waals surface area contributed by atoms with Gasteiger partial charge in [-0.25, -0.2) is 4.79 Å². The summed E-state index contributed by atoms with van der Waals surface area (Å²) < 4.78 is 6.65. The molecule has 0 saturated carbocycles. The third-order valence-corrected chi connectivity index (χ3v) is 3.60. The molecule has 0 atom stereocenters. The minimum Gasteiger partial charge on any atom is -0.483 e. The van der Waals surface area contributed by atoms with E-state index in [-0.39, 0.29) is 12.4 Å². The Labute approximate surface area is 132 Å². The van der Waals surface area contributed by atoms with Crippen molar-refractivity contribution in [2.75, 3.05) is 0 Å². The maximum atomic E-state index is 12.3. The van der Waals surface area contributed by atoms with Crippen LogP contribution in [0.5, 0.6) is 5.75 Å². The lowest BCUT2D eigenvalue weighted by Gasteiger charge is -2.22. The van der Waals surface area contributed by atoms with Crippen molar-refractivity contribution in [3.05, 3.63) is 63.5 Å². The van der Waals surface area contributed by atoms with Gasteiger partial charge in [0, 0.05) is 11.2 Å². The maximum Gasteiger partial charge on any atom is 0.329 e. The average Bonchev–Trinajstić information content (AvgIpc) is 2.47. The lowest BCUT2D eigenvalue weighted by molar-refractivity contribution is -0.145. The van der Waals surface area contributed by atoms with Crippen LogP contribution in [0.1, 0.15) is 19.4 Å². The van der Waals surface area contributed by atoms with E-state index >= 15 is 0 Å². The van der Waals surface area contributed by atoms with Crippen molar-refractivity contribution in [1.82, 2.24) is 4.57 Å². The first kappa shape index (κ1) is 16.1. The Morgan fingerprint density at radius 3 is 2.50 bits per heavy atom. The quantitative estimate of drug-likeness (QED) is 0.919. The van der Waals surface area contributed by atoms with Crippen molar-refractivity contribution in [2.45, 2.75) is 26.0 Å². The number of carboxylic acids is 1. The van der Waals surface area contributed by atoms with Gasteiger partial charge in [0.2, 0.25) is 0 Å². The van der Waals surface area contributed by atoms with E-state index in [1.54, 1.807) is 30.3 Å². The highest BCUT2D eigenvalue weighted by Crippen LogP contribution is 2.16. The molecule has 0 saturated heterocycles. The molecule has 0 fully saturated rings. The van der Waals surface area contributed by atoms with Gasteiger partial charge >= 0.3 is 5.97 Å². The summed E-state index contributed by atoms with van der Waals surface area (Å²) in [6, 6.07) is 10.2. The Kier molecular flexibility index (Phi) is 4.56. The van der Waals surface area contributed by atoms with E-state index in [9.17, 15) is 14.7 Å². The predicted molar refractivity (Wildman–Crippen MR) is 83.4 cm³/mol. The Hall–Kier alpha value is -2.27. The summed E-state index contributed by atoms with van der Waals surface area (Å²) in [6.07, 6.45) is 1.44. The van der Waals surface area contributed by atoms with Crippen molar-refractivity contribution in [3.63, 3.8) is 0 Å². The number of hydrogen-bond donors (Lipinski definition) is 1. The molecule has 0 unspecified atom stereocenters. The minimum atomic E-state index is -1.35. The number of carboxylic acid groups (broad SMARTS) is 1. The van der Waals surface area contributed by atoms with Crippen LogP contribution < -0.4 is 10.3 Å². The molecule has 116 valence electrons. The molecular weight excluding hydrogens is 306 g/mol. The number of carbonyl (C=O) groups is 1. The van der Waals surface area contributed by atoms with E-state index in [1.165, 1.54) is 26.1 Å². The second kappa shape index (κ2) is 6.23. The Bertz CT molecular complexity index is 735. The van der Waals surface area contributed by atoms with Gasteiger partial charge in [-0.3, -0.25) is 9.36 Å². The van der Waals surface area contributed by atoms with Crippen LogP contribution >= 0.6 is 11.6 Å². The van der Waals surface area contributed by atoms with Gasteiger partial charge in [-0.2, -0.15) is 0 Å². The van der Waals surface area contributed by atoms with Crippen molar-refractivity contribution in [3.8, 4) is 5.75 Å². The summed E-state index contributed by atoms with van der Waals surface area (Å²) in [5.74, 6) is -0.990. The van der Waals surface area contributed by atoms with Crippen molar-refractivity contribution >= 4 is 17.6 Å². The molecule has 0 aliphatic carbocycles. The molecule has 2 aromatic rings. The van der Waals surface area contributed by atoms with Crippen LogP contribution in [-0.2, 0) is 16.9 Å². The van der Waals surface area contributed by atoms with Crippen molar-refractivity contribution < 1.29 is 14.6 Å². The standard InChI is InChI=1S/C16H16ClNO4/c1-16(2,15(20)21)18-9-3-4-13(14(18)19)22-10-11-5-7-12(17)8-6-11/h3-9H,10H2,1-2H3,(H,20,21). The van der Waals surface area contributed by atoms with Crippen LogP contribution in [0.25, 0.3) is 0 Å². The first-order chi connectivity index (χ1) is 10.3. The monoisotopic (exact) mass is 321 g/mol. The number of ether oxygens (including phenoxy) is 1. The molecule has 2 rings (SSSR count). The summed E-state index contributed by atoms with van der Waals surface area (Å²) in [5, 5.41) is 9.85. The topological polar surface area (TPSA) is 68.5 Å². The molecule has 5 nitrogen and oxygen atoms in total. The summed E-state index contributed by atoms with van der Waals surface area (Å²) >= 11 is 5.80. The summed E-state index contributed by atoms with van der Waals surface area (Å²) in [4.78, 5) is 23.6. The second-order valence-corrected chi connectivity index (χ2v) is 5.76. The summed E-state index contributed by atoms with van der Waals surface area (Å²) in [6.45, 7) is 3.11. The lowest BCUT2D eigenvalue weighted by atomic mass is 10.1. The Morgan fingerprint density at radius 1 is 1.27 bits per heavy atom. The number of nitrogens with zero attached hydrogens (tertiary/aromatic N) is 1. The van der Waals surface area contributed by atoms with Crippen LogP contribution in [0.15, 0.2) is 47.4 Å². The SMILES string of the molecule is CC(C)(C(=O)O)n1cccc(OCc2ccc(Cl)cc2)c1=O. The zero-order chi connectivity index (χ0) is 16.3. The summed E-state index contributed by atoms with van der Waals surface area (Å²) in [5.41, 5.74) is -0.975. The average molecular weight is 322 g/mol. The second-order valence-electron chi connectivity index (χ2n) is 5.33. The molecule has 6 heteroatoms. The van der Waals surface area contributed by atoms with E-state index in [4.69, 9.17) is 16.3 Å². The van der Waals surface area contributed by atoms with Gasteiger partial charge in [0.1, 0.15) is 12.1 Å². The minimum absolute atomic E-state index is 0.103.